The zero-order chi connectivity index (χ0) is 18.3. The van der Waals surface area contributed by atoms with Crippen molar-refractivity contribution in [1.29, 1.82) is 0 Å². The lowest BCUT2D eigenvalue weighted by atomic mass is 9.88. The second kappa shape index (κ2) is 6.53. The van der Waals surface area contributed by atoms with Crippen molar-refractivity contribution in [3.63, 3.8) is 0 Å². The van der Waals surface area contributed by atoms with Crippen molar-refractivity contribution in [1.82, 2.24) is 14.6 Å². The molecule has 6 nitrogen and oxygen atoms in total. The van der Waals surface area contributed by atoms with Crippen LogP contribution in [0.5, 0.6) is 5.75 Å². The summed E-state index contributed by atoms with van der Waals surface area (Å²) in [4.78, 5) is 17.2. The molecule has 0 radical (unpaired) electrons. The molecule has 134 valence electrons. The molecule has 0 aliphatic heterocycles. The van der Waals surface area contributed by atoms with Crippen molar-refractivity contribution in [3.05, 3.63) is 47.4 Å². The average Bonchev–Trinajstić information content (AvgIpc) is 2.97. The lowest BCUT2D eigenvalue weighted by Crippen LogP contribution is -2.20. The number of rotatable bonds is 4. The molecule has 1 aromatic carbocycles. The molecule has 0 amide bonds. The maximum Gasteiger partial charge on any atom is 0.166 e. The number of nitrogens with zero attached hydrogens (tertiary/aromatic N) is 3. The van der Waals surface area contributed by atoms with Crippen LogP contribution in [-0.4, -0.2) is 34.6 Å². The summed E-state index contributed by atoms with van der Waals surface area (Å²) in [5, 5.41) is 4.63. The minimum atomic E-state index is 0.142. The molecule has 1 aliphatic rings. The van der Waals surface area contributed by atoms with E-state index in [2.05, 4.69) is 12.0 Å². The van der Waals surface area contributed by atoms with Gasteiger partial charge in [-0.15, -0.1) is 0 Å². The molecule has 26 heavy (non-hydrogen) atoms. The molecule has 0 bridgehead atoms. The lowest BCUT2D eigenvalue weighted by molar-refractivity contribution is 0.0951. The number of hydrogen-bond donors (Lipinski definition) is 0. The standard InChI is InChI=1S/C20H21N3O3/c1-12-8-16-15(18(24)9-12)10-23-20(21-16)19(17(22-23)11-25-2)13-4-6-14(26-3)7-5-13/h4-7,10,12H,8-9,11H2,1-3H3. The zero-order valence-corrected chi connectivity index (χ0v) is 15.2. The summed E-state index contributed by atoms with van der Waals surface area (Å²) in [5.41, 5.74) is 5.03. The Morgan fingerprint density at radius 3 is 2.65 bits per heavy atom. The van der Waals surface area contributed by atoms with Crippen molar-refractivity contribution >= 4 is 11.4 Å². The molecule has 4 rings (SSSR count). The molecule has 1 atom stereocenters. The molecule has 6 heteroatoms. The van der Waals surface area contributed by atoms with E-state index in [9.17, 15) is 4.79 Å². The van der Waals surface area contributed by atoms with Crippen LogP contribution in [0, 0.1) is 5.92 Å². The molecule has 0 spiro atoms. The van der Waals surface area contributed by atoms with E-state index in [4.69, 9.17) is 14.5 Å². The second-order valence-electron chi connectivity index (χ2n) is 6.79. The largest absolute Gasteiger partial charge is 0.497 e. The number of Topliss-reactive ketones (excluding diaryl/α,β-unsaturated/α-hetero) is 1. The average molecular weight is 351 g/mol. The van der Waals surface area contributed by atoms with Crippen LogP contribution in [0.4, 0.5) is 0 Å². The van der Waals surface area contributed by atoms with Gasteiger partial charge in [-0.05, 0) is 30.0 Å². The number of hydrogen-bond acceptors (Lipinski definition) is 5. The summed E-state index contributed by atoms with van der Waals surface area (Å²) >= 11 is 0. The van der Waals surface area contributed by atoms with Gasteiger partial charge in [-0.2, -0.15) is 5.10 Å². The first-order valence-electron chi connectivity index (χ1n) is 8.68. The molecule has 1 unspecified atom stereocenters. The van der Waals surface area contributed by atoms with Gasteiger partial charge in [0.2, 0.25) is 0 Å². The number of fused-ring (bicyclic) bond motifs is 2. The Morgan fingerprint density at radius 1 is 1.19 bits per heavy atom. The van der Waals surface area contributed by atoms with Gasteiger partial charge in [0.15, 0.2) is 11.4 Å². The van der Waals surface area contributed by atoms with Crippen molar-refractivity contribution in [3.8, 4) is 16.9 Å². The Bertz CT molecular complexity index is 976. The van der Waals surface area contributed by atoms with Gasteiger partial charge in [0.25, 0.3) is 0 Å². The first-order chi connectivity index (χ1) is 12.6. The monoisotopic (exact) mass is 351 g/mol. The number of benzene rings is 1. The highest BCUT2D eigenvalue weighted by Gasteiger charge is 2.26. The summed E-state index contributed by atoms with van der Waals surface area (Å²) in [6.45, 7) is 2.46. The fourth-order valence-electron chi connectivity index (χ4n) is 3.56. The Kier molecular flexibility index (Phi) is 4.20. The van der Waals surface area contributed by atoms with Crippen molar-refractivity contribution in [2.45, 2.75) is 26.4 Å². The van der Waals surface area contributed by atoms with Crippen LogP contribution in [0.1, 0.15) is 35.1 Å². The van der Waals surface area contributed by atoms with E-state index >= 15 is 0 Å². The van der Waals surface area contributed by atoms with E-state index in [1.54, 1.807) is 18.7 Å². The SMILES string of the molecule is COCc1nn2cc3c(nc2c1-c1ccc(OC)cc1)CC(C)CC3=O. The molecular weight excluding hydrogens is 330 g/mol. The fraction of sp³-hybridized carbons (Fsp3) is 0.350. The fourth-order valence-corrected chi connectivity index (χ4v) is 3.56. The molecule has 3 aromatic rings. The number of ether oxygens (including phenoxy) is 2. The van der Waals surface area contributed by atoms with Gasteiger partial charge in [0, 0.05) is 19.7 Å². The van der Waals surface area contributed by atoms with Gasteiger partial charge in [-0.25, -0.2) is 9.50 Å². The van der Waals surface area contributed by atoms with Gasteiger partial charge in [0.05, 0.1) is 36.2 Å². The molecule has 0 fully saturated rings. The van der Waals surface area contributed by atoms with Crippen molar-refractivity contribution in [2.24, 2.45) is 5.92 Å². The van der Waals surface area contributed by atoms with Gasteiger partial charge in [-0.1, -0.05) is 19.1 Å². The highest BCUT2D eigenvalue weighted by Crippen LogP contribution is 2.32. The smallest absolute Gasteiger partial charge is 0.166 e. The van der Waals surface area contributed by atoms with Crippen LogP contribution >= 0.6 is 0 Å². The van der Waals surface area contributed by atoms with Crippen LogP contribution in [0.25, 0.3) is 16.8 Å². The Labute approximate surface area is 151 Å². The minimum absolute atomic E-state index is 0.142. The van der Waals surface area contributed by atoms with E-state index in [-0.39, 0.29) is 5.78 Å². The number of methoxy groups -OCH3 is 2. The highest BCUT2D eigenvalue weighted by molar-refractivity contribution is 5.98. The Balaban J connectivity index is 1.93. The highest BCUT2D eigenvalue weighted by atomic mass is 16.5. The topological polar surface area (TPSA) is 65.7 Å². The van der Waals surface area contributed by atoms with Crippen molar-refractivity contribution < 1.29 is 14.3 Å². The summed E-state index contributed by atoms with van der Waals surface area (Å²) in [6, 6.07) is 7.81. The molecular formula is C20H21N3O3. The number of carbonyl (C=O) groups is 1. The molecule has 0 N–H and O–H groups in total. The molecule has 1 aliphatic carbocycles. The number of aromatic nitrogens is 3. The third-order valence-corrected chi connectivity index (χ3v) is 4.80. The van der Waals surface area contributed by atoms with Crippen molar-refractivity contribution in [2.75, 3.05) is 14.2 Å². The van der Waals surface area contributed by atoms with Crippen LogP contribution < -0.4 is 4.74 Å². The predicted octanol–water partition coefficient (Wildman–Crippen LogP) is 3.32. The Morgan fingerprint density at radius 2 is 1.96 bits per heavy atom. The summed E-state index contributed by atoms with van der Waals surface area (Å²) in [5.74, 6) is 1.25. The van der Waals surface area contributed by atoms with E-state index < -0.39 is 0 Å². The first-order valence-corrected chi connectivity index (χ1v) is 8.68. The Hall–Kier alpha value is -2.73. The minimum Gasteiger partial charge on any atom is -0.497 e. The lowest BCUT2D eigenvalue weighted by Gasteiger charge is -2.19. The maximum atomic E-state index is 12.4. The van der Waals surface area contributed by atoms with Crippen LogP contribution in [0.15, 0.2) is 30.5 Å². The van der Waals surface area contributed by atoms with Gasteiger partial charge in [0.1, 0.15) is 5.75 Å². The predicted molar refractivity (Wildman–Crippen MR) is 97.5 cm³/mol. The molecule has 2 aromatic heterocycles. The second-order valence-corrected chi connectivity index (χ2v) is 6.79. The quantitative estimate of drug-likeness (QED) is 0.721. The van der Waals surface area contributed by atoms with Gasteiger partial charge < -0.3 is 9.47 Å². The van der Waals surface area contributed by atoms with E-state index in [0.29, 0.717) is 24.5 Å². The number of carbonyl (C=O) groups excluding carboxylic acids is 1. The summed E-state index contributed by atoms with van der Waals surface area (Å²) < 4.78 is 12.3. The molecule has 0 saturated heterocycles. The third-order valence-electron chi connectivity index (χ3n) is 4.80. The van der Waals surface area contributed by atoms with Crippen LogP contribution in [0.2, 0.25) is 0 Å². The normalized spacial score (nSPS) is 16.7. The van der Waals surface area contributed by atoms with Crippen LogP contribution in [-0.2, 0) is 17.8 Å². The number of ketones is 1. The van der Waals surface area contributed by atoms with E-state index in [0.717, 1.165) is 40.3 Å². The maximum absolute atomic E-state index is 12.4. The van der Waals surface area contributed by atoms with E-state index in [1.807, 2.05) is 30.5 Å². The molecule has 2 heterocycles. The molecule has 0 saturated carbocycles. The zero-order valence-electron chi connectivity index (χ0n) is 15.2. The van der Waals surface area contributed by atoms with Gasteiger partial charge in [-0.3, -0.25) is 4.79 Å². The summed E-state index contributed by atoms with van der Waals surface area (Å²) in [6.07, 6.45) is 3.19. The van der Waals surface area contributed by atoms with Gasteiger partial charge >= 0.3 is 0 Å². The third kappa shape index (κ3) is 2.76. The first kappa shape index (κ1) is 16.7. The van der Waals surface area contributed by atoms with Crippen LogP contribution in [0.3, 0.4) is 0 Å². The summed E-state index contributed by atoms with van der Waals surface area (Å²) in [7, 11) is 3.29. The van der Waals surface area contributed by atoms with E-state index in [1.165, 1.54) is 0 Å².